The van der Waals surface area contributed by atoms with Gasteiger partial charge in [0.25, 0.3) is 0 Å². The third kappa shape index (κ3) is 3.21. The Labute approximate surface area is 121 Å². The van der Waals surface area contributed by atoms with Gasteiger partial charge >= 0.3 is 0 Å². The number of hydrogen-bond donors (Lipinski definition) is 1. The van der Waals surface area contributed by atoms with E-state index in [1.54, 1.807) is 17.8 Å². The van der Waals surface area contributed by atoms with Crippen molar-refractivity contribution in [1.82, 2.24) is 0 Å². The summed E-state index contributed by atoms with van der Waals surface area (Å²) in [6.45, 7) is 2.63. The van der Waals surface area contributed by atoms with Gasteiger partial charge in [-0.15, -0.1) is 0 Å². The molecule has 4 heteroatoms. The molecule has 18 heavy (non-hydrogen) atoms. The Morgan fingerprint density at radius 1 is 1.11 bits per heavy atom. The van der Waals surface area contributed by atoms with Gasteiger partial charge in [0.2, 0.25) is 0 Å². The number of rotatable bonds is 3. The molecule has 0 aromatic heterocycles. The van der Waals surface area contributed by atoms with Gasteiger partial charge < -0.3 is 5.73 Å². The molecule has 0 saturated heterocycles. The van der Waals surface area contributed by atoms with Crippen molar-refractivity contribution in [2.75, 3.05) is 0 Å². The average Bonchev–Trinajstić information content (AvgIpc) is 2.34. The van der Waals surface area contributed by atoms with E-state index in [9.17, 15) is 0 Å². The van der Waals surface area contributed by atoms with Crippen molar-refractivity contribution in [2.24, 2.45) is 5.73 Å². The molecule has 0 unspecified atom stereocenters. The minimum absolute atomic E-state index is 0.564. The molecular weight excluding hydrogens is 285 g/mol. The van der Waals surface area contributed by atoms with E-state index in [1.165, 1.54) is 5.56 Å². The standard InChI is InChI=1S/C14H13Cl2NS/c1-9-6-12(4-2-10(9)8-17)18-14-7-11(15)3-5-13(14)16/h2-7H,8,17H2,1H3. The van der Waals surface area contributed by atoms with Crippen LogP contribution in [0.4, 0.5) is 0 Å². The molecule has 0 atom stereocenters. The Kier molecular flexibility index (Phi) is 4.57. The third-order valence-electron chi connectivity index (χ3n) is 2.66. The molecule has 94 valence electrons. The molecule has 0 spiro atoms. The van der Waals surface area contributed by atoms with Crippen LogP contribution in [0.25, 0.3) is 0 Å². The van der Waals surface area contributed by atoms with Crippen LogP contribution in [0.15, 0.2) is 46.2 Å². The molecule has 2 aromatic rings. The molecule has 1 nitrogen and oxygen atoms in total. The van der Waals surface area contributed by atoms with Crippen LogP contribution in [-0.2, 0) is 6.54 Å². The van der Waals surface area contributed by atoms with E-state index in [1.807, 2.05) is 12.1 Å². The molecule has 0 radical (unpaired) electrons. The number of aryl methyl sites for hydroxylation is 1. The molecule has 2 rings (SSSR count). The van der Waals surface area contributed by atoms with E-state index in [0.29, 0.717) is 16.6 Å². The van der Waals surface area contributed by atoms with Gasteiger partial charge in [0.15, 0.2) is 0 Å². The first-order valence-electron chi connectivity index (χ1n) is 5.52. The maximum atomic E-state index is 6.14. The van der Waals surface area contributed by atoms with Crippen molar-refractivity contribution in [2.45, 2.75) is 23.3 Å². The zero-order chi connectivity index (χ0) is 13.1. The second-order valence-corrected chi connectivity index (χ2v) is 5.93. The van der Waals surface area contributed by atoms with E-state index < -0.39 is 0 Å². The minimum atomic E-state index is 0.564. The van der Waals surface area contributed by atoms with Gasteiger partial charge in [-0.2, -0.15) is 0 Å². The second-order valence-electron chi connectivity index (χ2n) is 3.97. The highest BCUT2D eigenvalue weighted by Crippen LogP contribution is 2.35. The quantitative estimate of drug-likeness (QED) is 0.871. The van der Waals surface area contributed by atoms with Gasteiger partial charge in [-0.25, -0.2) is 0 Å². The Hall–Kier alpha value is -0.670. The van der Waals surface area contributed by atoms with Gasteiger partial charge in [-0.05, 0) is 48.4 Å². The van der Waals surface area contributed by atoms with Crippen molar-refractivity contribution in [3.8, 4) is 0 Å². The summed E-state index contributed by atoms with van der Waals surface area (Å²) in [5, 5.41) is 1.40. The van der Waals surface area contributed by atoms with Gasteiger partial charge in [-0.3, -0.25) is 0 Å². The predicted octanol–water partition coefficient (Wildman–Crippen LogP) is 4.91. The first-order valence-corrected chi connectivity index (χ1v) is 7.10. The van der Waals surface area contributed by atoms with Gasteiger partial charge in [0, 0.05) is 21.4 Å². The molecule has 2 aromatic carbocycles. The molecule has 0 aliphatic heterocycles. The second kappa shape index (κ2) is 5.98. The zero-order valence-electron chi connectivity index (χ0n) is 9.91. The van der Waals surface area contributed by atoms with Crippen LogP contribution < -0.4 is 5.73 Å². The number of hydrogen-bond acceptors (Lipinski definition) is 2. The number of benzene rings is 2. The zero-order valence-corrected chi connectivity index (χ0v) is 12.2. The van der Waals surface area contributed by atoms with Crippen molar-refractivity contribution in [3.63, 3.8) is 0 Å². The lowest BCUT2D eigenvalue weighted by molar-refractivity contribution is 1.04. The topological polar surface area (TPSA) is 26.0 Å². The molecule has 2 N–H and O–H groups in total. The van der Waals surface area contributed by atoms with E-state index >= 15 is 0 Å². The SMILES string of the molecule is Cc1cc(Sc2cc(Cl)ccc2Cl)ccc1CN. The Morgan fingerprint density at radius 2 is 1.89 bits per heavy atom. The monoisotopic (exact) mass is 297 g/mol. The first-order chi connectivity index (χ1) is 8.60. The van der Waals surface area contributed by atoms with E-state index in [-0.39, 0.29) is 0 Å². The Morgan fingerprint density at radius 3 is 2.56 bits per heavy atom. The normalized spacial score (nSPS) is 10.7. The summed E-state index contributed by atoms with van der Waals surface area (Å²) in [6.07, 6.45) is 0. The third-order valence-corrected chi connectivity index (χ3v) is 4.38. The fraction of sp³-hybridized carbons (Fsp3) is 0.143. The van der Waals surface area contributed by atoms with Crippen LogP contribution in [0.3, 0.4) is 0 Å². The molecule has 0 aliphatic carbocycles. The summed E-state index contributed by atoms with van der Waals surface area (Å²) in [6, 6.07) is 11.7. The molecule has 0 saturated carbocycles. The fourth-order valence-electron chi connectivity index (χ4n) is 1.64. The van der Waals surface area contributed by atoms with Crippen molar-refractivity contribution < 1.29 is 0 Å². The lowest BCUT2D eigenvalue weighted by Gasteiger charge is -2.08. The Balaban J connectivity index is 2.28. The van der Waals surface area contributed by atoms with E-state index in [0.717, 1.165) is 15.4 Å². The molecular formula is C14H13Cl2NS. The first kappa shape index (κ1) is 13.8. The molecule has 0 aliphatic rings. The largest absolute Gasteiger partial charge is 0.326 e. The van der Waals surface area contributed by atoms with Crippen molar-refractivity contribution >= 4 is 35.0 Å². The predicted molar refractivity (Wildman–Crippen MR) is 79.7 cm³/mol. The molecule has 0 fully saturated rings. The van der Waals surface area contributed by atoms with Gasteiger partial charge in [0.1, 0.15) is 0 Å². The molecule has 0 heterocycles. The highest BCUT2D eigenvalue weighted by molar-refractivity contribution is 7.99. The van der Waals surface area contributed by atoms with Crippen LogP contribution in [0.2, 0.25) is 10.0 Å². The van der Waals surface area contributed by atoms with Crippen LogP contribution in [0, 0.1) is 6.92 Å². The highest BCUT2D eigenvalue weighted by atomic mass is 35.5. The maximum Gasteiger partial charge on any atom is 0.0546 e. The highest BCUT2D eigenvalue weighted by Gasteiger charge is 2.05. The summed E-state index contributed by atoms with van der Waals surface area (Å²) in [5.41, 5.74) is 8.01. The van der Waals surface area contributed by atoms with Gasteiger partial charge in [-0.1, -0.05) is 41.0 Å². The lowest BCUT2D eigenvalue weighted by Crippen LogP contribution is -1.98. The van der Waals surface area contributed by atoms with Crippen molar-refractivity contribution in [3.05, 3.63) is 57.6 Å². The summed E-state index contributed by atoms with van der Waals surface area (Å²) in [7, 11) is 0. The molecule has 0 amide bonds. The maximum absolute atomic E-state index is 6.14. The van der Waals surface area contributed by atoms with E-state index in [2.05, 4.69) is 25.1 Å². The fourth-order valence-corrected chi connectivity index (χ4v) is 3.09. The van der Waals surface area contributed by atoms with Crippen molar-refractivity contribution in [1.29, 1.82) is 0 Å². The van der Waals surface area contributed by atoms with Crippen LogP contribution in [0.1, 0.15) is 11.1 Å². The summed E-state index contributed by atoms with van der Waals surface area (Å²) < 4.78 is 0. The van der Waals surface area contributed by atoms with Gasteiger partial charge in [0.05, 0.1) is 5.02 Å². The van der Waals surface area contributed by atoms with E-state index in [4.69, 9.17) is 28.9 Å². The molecule has 0 bridgehead atoms. The smallest absolute Gasteiger partial charge is 0.0546 e. The van der Waals surface area contributed by atoms with Crippen LogP contribution >= 0.6 is 35.0 Å². The number of halogens is 2. The summed E-state index contributed by atoms with van der Waals surface area (Å²) in [5.74, 6) is 0. The van der Waals surface area contributed by atoms with Crippen LogP contribution in [-0.4, -0.2) is 0 Å². The summed E-state index contributed by atoms with van der Waals surface area (Å²) in [4.78, 5) is 2.10. The van der Waals surface area contributed by atoms with Crippen LogP contribution in [0.5, 0.6) is 0 Å². The average molecular weight is 298 g/mol. The lowest BCUT2D eigenvalue weighted by atomic mass is 10.1. The minimum Gasteiger partial charge on any atom is -0.326 e. The summed E-state index contributed by atoms with van der Waals surface area (Å²) >= 11 is 13.7. The number of nitrogens with two attached hydrogens (primary N) is 1. The Bertz CT molecular complexity index is 570.